The third kappa shape index (κ3) is 2.94. The summed E-state index contributed by atoms with van der Waals surface area (Å²) in [5.41, 5.74) is 1.38. The molecule has 0 saturated carbocycles. The molecule has 2 heterocycles. The molecule has 2 atom stereocenters. The van der Waals surface area contributed by atoms with Crippen molar-refractivity contribution in [3.05, 3.63) is 34.3 Å². The molecule has 3 rings (SSSR count). The second-order valence-electron chi connectivity index (χ2n) is 5.42. The predicted octanol–water partition coefficient (Wildman–Crippen LogP) is 1.96. The molecule has 1 aromatic rings. The van der Waals surface area contributed by atoms with Crippen molar-refractivity contribution in [2.75, 3.05) is 33.2 Å². The van der Waals surface area contributed by atoms with E-state index in [2.05, 4.69) is 57.0 Å². The molecule has 2 saturated heterocycles. The Morgan fingerprint density at radius 3 is 2.33 bits per heavy atom. The Labute approximate surface area is 117 Å². The fraction of sp³-hybridized carbons (Fsp3) is 0.571. The van der Waals surface area contributed by atoms with Gasteiger partial charge in [0.1, 0.15) is 0 Å². The second-order valence-corrected chi connectivity index (χ2v) is 6.34. The second kappa shape index (κ2) is 5.29. The molecule has 0 aliphatic carbocycles. The number of fused-ring (bicyclic) bond motifs is 2. The summed E-state index contributed by atoms with van der Waals surface area (Å²) in [6.07, 6.45) is 0.774. The summed E-state index contributed by atoms with van der Waals surface area (Å²) in [6.45, 7) is 5.27. The van der Waals surface area contributed by atoms with Crippen molar-refractivity contribution in [1.29, 1.82) is 0 Å². The molecule has 18 heavy (non-hydrogen) atoms. The first-order valence-electron chi connectivity index (χ1n) is 6.50. The summed E-state index contributed by atoms with van der Waals surface area (Å²) in [7, 11) is 2.19. The lowest BCUT2D eigenvalue weighted by molar-refractivity contribution is -0.135. The van der Waals surface area contributed by atoms with Crippen molar-refractivity contribution >= 4 is 15.9 Å². The first kappa shape index (κ1) is 12.6. The Morgan fingerprint density at radius 2 is 1.72 bits per heavy atom. The minimum absolute atomic E-state index is 0.387. The molecule has 0 amide bonds. The number of hydrogen-bond donors (Lipinski definition) is 0. The summed E-state index contributed by atoms with van der Waals surface area (Å²) in [4.78, 5) is 4.91. The first-order chi connectivity index (χ1) is 8.69. The molecule has 98 valence electrons. The average Bonchev–Trinajstić information content (AvgIpc) is 2.30. The molecular weight excluding hydrogens is 292 g/mol. The minimum Gasteiger partial charge on any atom is -0.370 e. The maximum Gasteiger partial charge on any atom is 0.0833 e. The molecule has 0 aromatic heterocycles. The smallest absolute Gasteiger partial charge is 0.0833 e. The zero-order chi connectivity index (χ0) is 12.5. The maximum atomic E-state index is 5.99. The lowest BCUT2D eigenvalue weighted by atomic mass is 10.1. The molecule has 2 fully saturated rings. The Morgan fingerprint density at radius 1 is 1.11 bits per heavy atom. The Hall–Kier alpha value is -0.420. The van der Waals surface area contributed by atoms with Crippen LogP contribution in [0.5, 0.6) is 0 Å². The van der Waals surface area contributed by atoms with Gasteiger partial charge in [-0.2, -0.15) is 0 Å². The fourth-order valence-electron chi connectivity index (χ4n) is 2.96. The van der Waals surface area contributed by atoms with Crippen LogP contribution in [0.25, 0.3) is 0 Å². The van der Waals surface area contributed by atoms with E-state index in [0.717, 1.165) is 37.2 Å². The maximum absolute atomic E-state index is 5.99. The number of benzene rings is 1. The van der Waals surface area contributed by atoms with Crippen LogP contribution in [0.1, 0.15) is 5.56 Å². The summed E-state index contributed by atoms with van der Waals surface area (Å²) < 4.78 is 7.13. The van der Waals surface area contributed by atoms with Gasteiger partial charge < -0.3 is 9.64 Å². The van der Waals surface area contributed by atoms with Gasteiger partial charge in [0.2, 0.25) is 0 Å². The van der Waals surface area contributed by atoms with E-state index in [0.29, 0.717) is 12.2 Å². The third-order valence-electron chi connectivity index (χ3n) is 3.66. The van der Waals surface area contributed by atoms with Gasteiger partial charge in [0.25, 0.3) is 0 Å². The Balaban J connectivity index is 1.62. The van der Waals surface area contributed by atoms with Crippen LogP contribution in [0.4, 0.5) is 0 Å². The molecule has 1 aromatic carbocycles. The molecule has 3 nitrogen and oxygen atoms in total. The van der Waals surface area contributed by atoms with Crippen molar-refractivity contribution in [3.63, 3.8) is 0 Å². The van der Waals surface area contributed by atoms with E-state index in [1.165, 1.54) is 5.56 Å². The van der Waals surface area contributed by atoms with E-state index in [4.69, 9.17) is 4.74 Å². The molecule has 0 N–H and O–H groups in total. The van der Waals surface area contributed by atoms with Gasteiger partial charge in [-0.05, 0) is 24.7 Å². The molecule has 2 aliphatic heterocycles. The van der Waals surface area contributed by atoms with Gasteiger partial charge in [0, 0.05) is 37.2 Å². The average molecular weight is 311 g/mol. The molecule has 2 aliphatic rings. The van der Waals surface area contributed by atoms with Gasteiger partial charge in [0.05, 0.1) is 12.2 Å². The van der Waals surface area contributed by atoms with Crippen LogP contribution in [0.2, 0.25) is 0 Å². The first-order valence-corrected chi connectivity index (χ1v) is 7.29. The van der Waals surface area contributed by atoms with Crippen LogP contribution in [0.15, 0.2) is 28.7 Å². The fourth-order valence-corrected chi connectivity index (χ4v) is 3.22. The third-order valence-corrected chi connectivity index (χ3v) is 4.19. The van der Waals surface area contributed by atoms with Crippen LogP contribution in [-0.2, 0) is 11.3 Å². The lowest BCUT2D eigenvalue weighted by Gasteiger charge is -2.44. The van der Waals surface area contributed by atoms with Gasteiger partial charge in [0.15, 0.2) is 0 Å². The van der Waals surface area contributed by atoms with Crippen LogP contribution in [0.3, 0.4) is 0 Å². The van der Waals surface area contributed by atoms with E-state index in [1.807, 2.05) is 0 Å². The zero-order valence-electron chi connectivity index (χ0n) is 10.7. The topological polar surface area (TPSA) is 15.7 Å². The quantitative estimate of drug-likeness (QED) is 0.830. The molecule has 2 unspecified atom stereocenters. The molecule has 2 bridgehead atoms. The van der Waals surface area contributed by atoms with Gasteiger partial charge in [-0.3, -0.25) is 4.90 Å². The highest BCUT2D eigenvalue weighted by atomic mass is 79.9. The molecule has 0 radical (unpaired) electrons. The molecular formula is C14H19BrN2O. The SMILES string of the molecule is CN1CC2CN(Cc3ccc(Br)cc3)CC(C1)O2. The van der Waals surface area contributed by atoms with Crippen molar-refractivity contribution in [1.82, 2.24) is 9.80 Å². The number of rotatable bonds is 2. The lowest BCUT2D eigenvalue weighted by Crippen LogP contribution is -2.58. The van der Waals surface area contributed by atoms with Gasteiger partial charge >= 0.3 is 0 Å². The standard InChI is InChI=1S/C14H19BrN2O/c1-16-7-13-9-17(10-14(8-16)18-13)6-11-2-4-12(15)5-3-11/h2-5,13-14H,6-10H2,1H3. The minimum atomic E-state index is 0.387. The number of halogens is 1. The van der Waals surface area contributed by atoms with Gasteiger partial charge in [-0.25, -0.2) is 0 Å². The van der Waals surface area contributed by atoms with Crippen LogP contribution >= 0.6 is 15.9 Å². The normalized spacial score (nSPS) is 29.4. The van der Waals surface area contributed by atoms with Crippen molar-refractivity contribution in [3.8, 4) is 0 Å². The van der Waals surface area contributed by atoms with Crippen molar-refractivity contribution < 1.29 is 4.74 Å². The van der Waals surface area contributed by atoms with Crippen LogP contribution in [-0.4, -0.2) is 55.2 Å². The highest BCUT2D eigenvalue weighted by molar-refractivity contribution is 9.10. The van der Waals surface area contributed by atoms with E-state index in [9.17, 15) is 0 Å². The van der Waals surface area contributed by atoms with Crippen LogP contribution < -0.4 is 0 Å². The Kier molecular flexibility index (Phi) is 3.71. The Bertz CT molecular complexity index is 391. The summed E-state index contributed by atoms with van der Waals surface area (Å²) in [5.74, 6) is 0. The molecule has 0 spiro atoms. The number of likely N-dealkylation sites (N-methyl/N-ethyl adjacent to an activating group) is 1. The van der Waals surface area contributed by atoms with Gasteiger partial charge in [-0.1, -0.05) is 28.1 Å². The monoisotopic (exact) mass is 310 g/mol. The number of ether oxygens (including phenoxy) is 1. The summed E-state index contributed by atoms with van der Waals surface area (Å²) in [6, 6.07) is 8.62. The highest BCUT2D eigenvalue weighted by Crippen LogP contribution is 2.20. The van der Waals surface area contributed by atoms with E-state index < -0.39 is 0 Å². The largest absolute Gasteiger partial charge is 0.370 e. The number of nitrogens with zero attached hydrogens (tertiary/aromatic N) is 2. The summed E-state index contributed by atoms with van der Waals surface area (Å²) >= 11 is 3.48. The van der Waals surface area contributed by atoms with Crippen molar-refractivity contribution in [2.24, 2.45) is 0 Å². The number of hydrogen-bond acceptors (Lipinski definition) is 3. The highest BCUT2D eigenvalue weighted by Gasteiger charge is 2.33. The van der Waals surface area contributed by atoms with Gasteiger partial charge in [-0.15, -0.1) is 0 Å². The van der Waals surface area contributed by atoms with E-state index in [-0.39, 0.29) is 0 Å². The molecule has 4 heteroatoms. The van der Waals surface area contributed by atoms with E-state index in [1.54, 1.807) is 0 Å². The number of morpholine rings is 2. The zero-order valence-corrected chi connectivity index (χ0v) is 12.3. The van der Waals surface area contributed by atoms with Crippen LogP contribution in [0, 0.1) is 0 Å². The predicted molar refractivity (Wildman–Crippen MR) is 75.6 cm³/mol. The van der Waals surface area contributed by atoms with E-state index >= 15 is 0 Å². The van der Waals surface area contributed by atoms with Crippen molar-refractivity contribution in [2.45, 2.75) is 18.8 Å². The summed E-state index contributed by atoms with van der Waals surface area (Å²) in [5, 5.41) is 0.